The minimum absolute atomic E-state index is 0.988. The molecule has 0 aliphatic rings. The molecule has 0 radical (unpaired) electrons. The zero-order valence-electron chi connectivity index (χ0n) is 21.9. The first-order valence-electron chi connectivity index (χ1n) is 13.7. The Bertz CT molecular complexity index is 2170. The molecule has 0 amide bonds. The SMILES string of the molecule is c1cc(-c2ccc3ccccc3n2)cc(-c2c3ccccc3c(-c3ccc4ccccc4c3)c3ccccc23)c1. The summed E-state index contributed by atoms with van der Waals surface area (Å²) in [6.07, 6.45) is 0. The van der Waals surface area contributed by atoms with Gasteiger partial charge in [0.1, 0.15) is 0 Å². The first kappa shape index (κ1) is 22.7. The number of pyridine rings is 1. The molecule has 1 heteroatoms. The van der Waals surface area contributed by atoms with Gasteiger partial charge in [0.05, 0.1) is 11.2 Å². The van der Waals surface area contributed by atoms with Gasteiger partial charge in [-0.25, -0.2) is 4.98 Å². The average molecular weight is 508 g/mol. The van der Waals surface area contributed by atoms with Crippen LogP contribution >= 0.6 is 0 Å². The number of para-hydroxylation sites is 1. The zero-order chi connectivity index (χ0) is 26.5. The second kappa shape index (κ2) is 9.18. The van der Waals surface area contributed by atoms with Crippen molar-refractivity contribution in [1.29, 1.82) is 0 Å². The van der Waals surface area contributed by atoms with Crippen molar-refractivity contribution in [2.24, 2.45) is 0 Å². The molecule has 1 aromatic heterocycles. The number of nitrogens with zero attached hydrogens (tertiary/aromatic N) is 1. The summed E-state index contributed by atoms with van der Waals surface area (Å²) < 4.78 is 0. The van der Waals surface area contributed by atoms with Gasteiger partial charge in [0, 0.05) is 10.9 Å². The first-order chi connectivity index (χ1) is 19.8. The molecular formula is C39H25N. The Morgan fingerprint density at radius 2 is 0.850 bits per heavy atom. The molecule has 0 unspecified atom stereocenters. The van der Waals surface area contributed by atoms with E-state index in [1.54, 1.807) is 0 Å². The summed E-state index contributed by atoms with van der Waals surface area (Å²) in [6.45, 7) is 0. The van der Waals surface area contributed by atoms with Crippen LogP contribution in [0.3, 0.4) is 0 Å². The highest BCUT2D eigenvalue weighted by molar-refractivity contribution is 6.21. The largest absolute Gasteiger partial charge is 0.248 e. The van der Waals surface area contributed by atoms with Crippen LogP contribution in [0.4, 0.5) is 0 Å². The lowest BCUT2D eigenvalue weighted by atomic mass is 9.85. The number of aromatic nitrogens is 1. The van der Waals surface area contributed by atoms with Crippen molar-refractivity contribution in [3.63, 3.8) is 0 Å². The third-order valence-electron chi connectivity index (χ3n) is 8.02. The highest BCUT2D eigenvalue weighted by Gasteiger charge is 2.17. The Kier molecular flexibility index (Phi) is 5.21. The van der Waals surface area contributed by atoms with Gasteiger partial charge in [0.15, 0.2) is 0 Å². The highest BCUT2D eigenvalue weighted by Crippen LogP contribution is 2.44. The van der Waals surface area contributed by atoms with E-state index < -0.39 is 0 Å². The number of hydrogen-bond donors (Lipinski definition) is 0. The average Bonchev–Trinajstić information content (AvgIpc) is 3.03. The van der Waals surface area contributed by atoms with Gasteiger partial charge < -0.3 is 0 Å². The fourth-order valence-corrected chi connectivity index (χ4v) is 6.16. The van der Waals surface area contributed by atoms with Crippen molar-refractivity contribution in [2.45, 2.75) is 0 Å². The summed E-state index contributed by atoms with van der Waals surface area (Å²) in [5.74, 6) is 0. The molecule has 0 atom stereocenters. The Labute approximate surface area is 233 Å². The summed E-state index contributed by atoms with van der Waals surface area (Å²) in [7, 11) is 0. The van der Waals surface area contributed by atoms with Crippen molar-refractivity contribution in [3.05, 3.63) is 152 Å². The van der Waals surface area contributed by atoms with Crippen LogP contribution in [0.15, 0.2) is 152 Å². The maximum absolute atomic E-state index is 4.98. The molecule has 0 aliphatic heterocycles. The highest BCUT2D eigenvalue weighted by atomic mass is 14.7. The Balaban J connectivity index is 1.39. The second-order valence-electron chi connectivity index (χ2n) is 10.4. The lowest BCUT2D eigenvalue weighted by molar-refractivity contribution is 1.40. The van der Waals surface area contributed by atoms with E-state index in [0.29, 0.717) is 0 Å². The minimum atomic E-state index is 0.988. The minimum Gasteiger partial charge on any atom is -0.248 e. The third-order valence-corrected chi connectivity index (χ3v) is 8.02. The maximum Gasteiger partial charge on any atom is 0.0709 e. The third kappa shape index (κ3) is 3.67. The van der Waals surface area contributed by atoms with Gasteiger partial charge in [0.25, 0.3) is 0 Å². The van der Waals surface area contributed by atoms with Crippen LogP contribution in [-0.2, 0) is 0 Å². The normalized spacial score (nSPS) is 11.5. The molecule has 8 rings (SSSR count). The fourth-order valence-electron chi connectivity index (χ4n) is 6.16. The maximum atomic E-state index is 4.98. The molecule has 186 valence electrons. The van der Waals surface area contributed by atoms with Gasteiger partial charge in [-0.1, -0.05) is 127 Å². The Morgan fingerprint density at radius 3 is 1.55 bits per heavy atom. The quantitative estimate of drug-likeness (QED) is 0.217. The van der Waals surface area contributed by atoms with Crippen LogP contribution < -0.4 is 0 Å². The van der Waals surface area contributed by atoms with Crippen LogP contribution in [-0.4, -0.2) is 4.98 Å². The monoisotopic (exact) mass is 507 g/mol. The van der Waals surface area contributed by atoms with Crippen LogP contribution in [0.1, 0.15) is 0 Å². The number of hydrogen-bond acceptors (Lipinski definition) is 1. The topological polar surface area (TPSA) is 12.9 Å². The number of benzene rings is 7. The molecule has 1 heterocycles. The van der Waals surface area contributed by atoms with Gasteiger partial charge >= 0.3 is 0 Å². The van der Waals surface area contributed by atoms with Crippen LogP contribution in [0.25, 0.3) is 76.7 Å². The molecule has 0 bridgehead atoms. The summed E-state index contributed by atoms with van der Waals surface area (Å²) in [6, 6.07) is 54.5. The molecular weight excluding hydrogens is 482 g/mol. The number of rotatable bonds is 3. The molecule has 8 aromatic rings. The van der Waals surface area contributed by atoms with Gasteiger partial charge in [0.2, 0.25) is 0 Å². The van der Waals surface area contributed by atoms with Crippen molar-refractivity contribution in [1.82, 2.24) is 4.98 Å². The molecule has 0 spiro atoms. The van der Waals surface area contributed by atoms with Crippen molar-refractivity contribution < 1.29 is 0 Å². The zero-order valence-corrected chi connectivity index (χ0v) is 21.9. The van der Waals surface area contributed by atoms with Crippen molar-refractivity contribution in [2.75, 3.05) is 0 Å². The fraction of sp³-hybridized carbons (Fsp3) is 0. The summed E-state index contributed by atoms with van der Waals surface area (Å²) in [5.41, 5.74) is 8.11. The van der Waals surface area contributed by atoms with Gasteiger partial charge in [-0.05, 0) is 78.8 Å². The molecule has 0 fully saturated rings. The van der Waals surface area contributed by atoms with E-state index in [0.717, 1.165) is 22.2 Å². The molecule has 0 N–H and O–H groups in total. The van der Waals surface area contributed by atoms with Gasteiger partial charge in [-0.3, -0.25) is 0 Å². The van der Waals surface area contributed by atoms with Crippen molar-refractivity contribution >= 4 is 43.2 Å². The summed E-state index contributed by atoms with van der Waals surface area (Å²) in [4.78, 5) is 4.98. The van der Waals surface area contributed by atoms with Crippen LogP contribution in [0.5, 0.6) is 0 Å². The van der Waals surface area contributed by atoms with E-state index in [4.69, 9.17) is 4.98 Å². The smallest absolute Gasteiger partial charge is 0.0709 e. The molecule has 7 aromatic carbocycles. The van der Waals surface area contributed by atoms with E-state index in [1.165, 1.54) is 54.6 Å². The Hall–Kier alpha value is -5.27. The molecule has 40 heavy (non-hydrogen) atoms. The number of fused-ring (bicyclic) bond motifs is 4. The molecule has 0 saturated carbocycles. The van der Waals surface area contributed by atoms with Gasteiger partial charge in [-0.2, -0.15) is 0 Å². The summed E-state index contributed by atoms with van der Waals surface area (Å²) >= 11 is 0. The van der Waals surface area contributed by atoms with E-state index in [-0.39, 0.29) is 0 Å². The standard InChI is InChI=1S/C39H25N/c1-2-12-28-24-31(21-20-26(28)10-1)39-34-17-6-4-15-32(34)38(33-16-5-7-18-35(33)39)30-14-9-13-29(25-30)37-23-22-27-11-3-8-19-36(27)40-37/h1-25H. The van der Waals surface area contributed by atoms with Crippen LogP contribution in [0, 0.1) is 0 Å². The van der Waals surface area contributed by atoms with E-state index >= 15 is 0 Å². The first-order valence-corrected chi connectivity index (χ1v) is 13.7. The van der Waals surface area contributed by atoms with E-state index in [2.05, 4.69) is 146 Å². The summed E-state index contributed by atoms with van der Waals surface area (Å²) in [5, 5.41) is 8.72. The predicted octanol–water partition coefficient (Wildman–Crippen LogP) is 10.7. The van der Waals surface area contributed by atoms with E-state index in [1.807, 2.05) is 6.07 Å². The molecule has 1 nitrogen and oxygen atoms in total. The molecule has 0 saturated heterocycles. The molecule has 0 aliphatic carbocycles. The van der Waals surface area contributed by atoms with Crippen LogP contribution in [0.2, 0.25) is 0 Å². The Morgan fingerprint density at radius 1 is 0.325 bits per heavy atom. The predicted molar refractivity (Wildman–Crippen MR) is 171 cm³/mol. The lowest BCUT2D eigenvalue weighted by Gasteiger charge is -2.18. The van der Waals surface area contributed by atoms with E-state index in [9.17, 15) is 0 Å². The van der Waals surface area contributed by atoms with Gasteiger partial charge in [-0.15, -0.1) is 0 Å². The lowest BCUT2D eigenvalue weighted by Crippen LogP contribution is -1.92. The second-order valence-corrected chi connectivity index (χ2v) is 10.4. The van der Waals surface area contributed by atoms with Crippen molar-refractivity contribution in [3.8, 4) is 33.5 Å².